The van der Waals surface area contributed by atoms with Crippen LogP contribution >= 0.6 is 0 Å². The van der Waals surface area contributed by atoms with Gasteiger partial charge in [0.15, 0.2) is 0 Å². The molecule has 8 heavy (non-hydrogen) atoms. The monoisotopic (exact) mass is 110 g/mol. The van der Waals surface area contributed by atoms with Crippen molar-refractivity contribution >= 4 is 12.9 Å². The van der Waals surface area contributed by atoms with Crippen LogP contribution in [0, 0.1) is 0 Å². The molecule has 0 amide bonds. The Morgan fingerprint density at radius 2 is 2.62 bits per heavy atom. The van der Waals surface area contributed by atoms with Crippen molar-refractivity contribution in [3.05, 3.63) is 12.4 Å². The van der Waals surface area contributed by atoms with Gasteiger partial charge in [0, 0.05) is 19.4 Å². The molecule has 0 aliphatic rings. The van der Waals surface area contributed by atoms with Crippen LogP contribution in [0.1, 0.15) is 0 Å². The number of nitrogens with zero attached hydrogens (tertiary/aromatic N) is 2. The lowest BCUT2D eigenvalue weighted by atomic mass is 9.93. The summed E-state index contributed by atoms with van der Waals surface area (Å²) >= 11 is 0. The molecular weight excluding hydrogens is 103 g/mol. The first-order valence-electron chi connectivity index (χ1n) is 2.41. The van der Waals surface area contributed by atoms with E-state index in [1.807, 2.05) is 7.05 Å². The van der Waals surface area contributed by atoms with Crippen molar-refractivity contribution in [2.45, 2.75) is 0 Å². The molecule has 0 atom stereocenters. The zero-order valence-corrected chi connectivity index (χ0v) is 4.70. The lowest BCUT2D eigenvalue weighted by Gasteiger charge is -1.80. The summed E-state index contributed by atoms with van der Waals surface area (Å²) < 4.78 is 1.66. The van der Waals surface area contributed by atoms with Crippen LogP contribution in [-0.4, -0.2) is 22.3 Å². The first kappa shape index (κ1) is 5.37. The second kappa shape index (κ2) is 2.00. The van der Waals surface area contributed by atoms with E-state index >= 15 is 0 Å². The van der Waals surface area contributed by atoms with E-state index in [0.717, 1.165) is 5.46 Å². The van der Waals surface area contributed by atoms with Crippen LogP contribution in [-0.2, 0) is 7.05 Å². The van der Waals surface area contributed by atoms with Crippen molar-refractivity contribution in [3.63, 3.8) is 0 Å². The van der Waals surface area contributed by atoms with E-state index in [1.54, 1.807) is 17.1 Å². The van der Waals surface area contributed by atoms with Gasteiger partial charge in [-0.2, -0.15) is 5.10 Å². The lowest BCUT2D eigenvalue weighted by Crippen LogP contribution is -2.09. The number of rotatable bonds is 1. The van der Waals surface area contributed by atoms with Gasteiger partial charge in [0.2, 0.25) is 0 Å². The van der Waals surface area contributed by atoms with Crippen LogP contribution in [0.15, 0.2) is 12.4 Å². The smallest absolute Gasteiger partial charge is 0.307 e. The van der Waals surface area contributed by atoms with E-state index in [9.17, 15) is 0 Å². The van der Waals surface area contributed by atoms with Gasteiger partial charge in [-0.1, -0.05) is 0 Å². The maximum atomic E-state index is 8.50. The highest BCUT2D eigenvalue weighted by Gasteiger charge is 1.92. The van der Waals surface area contributed by atoms with Crippen molar-refractivity contribution in [3.8, 4) is 0 Å². The van der Waals surface area contributed by atoms with Crippen molar-refractivity contribution in [1.82, 2.24) is 9.78 Å². The van der Waals surface area contributed by atoms with E-state index in [1.165, 1.54) is 0 Å². The molecular formula is C4H7BN2O. The number of aromatic nitrogens is 2. The summed E-state index contributed by atoms with van der Waals surface area (Å²) in [7, 11) is 1.90. The van der Waals surface area contributed by atoms with Gasteiger partial charge in [-0.25, -0.2) is 0 Å². The Morgan fingerprint density at radius 3 is 2.88 bits per heavy atom. The molecule has 0 saturated heterocycles. The zero-order valence-electron chi connectivity index (χ0n) is 4.70. The average molecular weight is 110 g/mol. The van der Waals surface area contributed by atoms with Crippen LogP contribution in [0.2, 0.25) is 0 Å². The SMILES string of the molecule is Cn1cc(BO)cn1. The Morgan fingerprint density at radius 1 is 1.88 bits per heavy atom. The third kappa shape index (κ3) is 0.896. The molecule has 1 aromatic heterocycles. The molecule has 3 nitrogen and oxygen atoms in total. The van der Waals surface area contributed by atoms with Gasteiger partial charge in [-0.05, 0) is 5.46 Å². The number of aryl methyl sites for hydroxylation is 1. The third-order valence-electron chi connectivity index (χ3n) is 0.941. The lowest BCUT2D eigenvalue weighted by molar-refractivity contribution is 0.615. The minimum Gasteiger partial charge on any atom is -0.449 e. The first-order valence-corrected chi connectivity index (χ1v) is 2.41. The van der Waals surface area contributed by atoms with E-state index in [0.29, 0.717) is 0 Å². The fourth-order valence-electron chi connectivity index (χ4n) is 0.554. The molecule has 0 aliphatic carbocycles. The van der Waals surface area contributed by atoms with Crippen molar-refractivity contribution in [1.29, 1.82) is 0 Å². The normalized spacial score (nSPS) is 9.25. The Hall–Kier alpha value is -0.765. The minimum atomic E-state index is 0.0772. The molecule has 1 N–H and O–H groups in total. The summed E-state index contributed by atoms with van der Waals surface area (Å²) in [4.78, 5) is 0. The van der Waals surface area contributed by atoms with Gasteiger partial charge in [0.05, 0.1) is 0 Å². The van der Waals surface area contributed by atoms with Crippen LogP contribution in [0.4, 0.5) is 0 Å². The van der Waals surface area contributed by atoms with Crippen LogP contribution in [0.5, 0.6) is 0 Å². The fourth-order valence-corrected chi connectivity index (χ4v) is 0.554. The molecule has 1 heterocycles. The van der Waals surface area contributed by atoms with Gasteiger partial charge < -0.3 is 5.02 Å². The largest absolute Gasteiger partial charge is 0.449 e. The summed E-state index contributed by atoms with van der Waals surface area (Å²) in [6.45, 7) is 0. The molecule has 0 aliphatic heterocycles. The second-order valence-corrected chi connectivity index (χ2v) is 1.68. The summed E-state index contributed by atoms with van der Waals surface area (Å²) in [5, 5.41) is 12.3. The highest BCUT2D eigenvalue weighted by molar-refractivity contribution is 6.45. The highest BCUT2D eigenvalue weighted by Crippen LogP contribution is 1.71. The van der Waals surface area contributed by atoms with Gasteiger partial charge in [-0.3, -0.25) is 4.68 Å². The molecule has 0 fully saturated rings. The Balaban J connectivity index is 2.84. The van der Waals surface area contributed by atoms with Gasteiger partial charge in [0.25, 0.3) is 0 Å². The van der Waals surface area contributed by atoms with Crippen LogP contribution < -0.4 is 5.46 Å². The molecule has 0 radical (unpaired) electrons. The Labute approximate surface area is 48.2 Å². The third-order valence-corrected chi connectivity index (χ3v) is 0.941. The minimum absolute atomic E-state index is 0.0772. The quantitative estimate of drug-likeness (QED) is 0.441. The Bertz CT molecular complexity index is 174. The molecule has 0 aromatic carbocycles. The zero-order chi connectivity index (χ0) is 5.98. The van der Waals surface area contributed by atoms with Crippen LogP contribution in [0.25, 0.3) is 0 Å². The Kier molecular flexibility index (Phi) is 1.35. The first-order chi connectivity index (χ1) is 3.83. The van der Waals surface area contributed by atoms with Crippen LogP contribution in [0.3, 0.4) is 0 Å². The number of hydrogen-bond acceptors (Lipinski definition) is 2. The van der Waals surface area contributed by atoms with Crippen molar-refractivity contribution in [2.75, 3.05) is 0 Å². The molecule has 0 unspecified atom stereocenters. The molecule has 0 saturated carbocycles. The molecule has 1 aromatic rings. The van der Waals surface area contributed by atoms with Crippen molar-refractivity contribution < 1.29 is 5.02 Å². The highest BCUT2D eigenvalue weighted by atomic mass is 16.2. The summed E-state index contributed by atoms with van der Waals surface area (Å²) in [6.07, 6.45) is 3.42. The summed E-state index contributed by atoms with van der Waals surface area (Å²) in [6, 6.07) is 0. The van der Waals surface area contributed by atoms with E-state index in [-0.39, 0.29) is 7.48 Å². The van der Waals surface area contributed by atoms with Gasteiger partial charge in [0.1, 0.15) is 0 Å². The predicted octanol–water partition coefficient (Wildman–Crippen LogP) is -1.61. The predicted molar refractivity (Wildman–Crippen MR) is 32.2 cm³/mol. The molecule has 1 rings (SSSR count). The number of hydrogen-bond donors (Lipinski definition) is 1. The molecule has 0 spiro atoms. The molecule has 42 valence electrons. The van der Waals surface area contributed by atoms with E-state index in [2.05, 4.69) is 5.10 Å². The average Bonchev–Trinajstić information content (AvgIpc) is 2.14. The maximum Gasteiger partial charge on any atom is 0.307 e. The molecule has 4 heteroatoms. The summed E-state index contributed by atoms with van der Waals surface area (Å²) in [5.41, 5.74) is 0.854. The topological polar surface area (TPSA) is 38.0 Å². The van der Waals surface area contributed by atoms with E-state index in [4.69, 9.17) is 5.02 Å². The fraction of sp³-hybridized carbons (Fsp3) is 0.250. The van der Waals surface area contributed by atoms with Gasteiger partial charge >= 0.3 is 7.48 Å². The maximum absolute atomic E-state index is 8.50. The van der Waals surface area contributed by atoms with Crippen molar-refractivity contribution in [2.24, 2.45) is 7.05 Å². The second-order valence-electron chi connectivity index (χ2n) is 1.68. The standard InChI is InChI=1S/C4H7BN2O/c1-7-3-4(5-8)2-6-7/h2-3,5,8H,1H3. The summed E-state index contributed by atoms with van der Waals surface area (Å²) in [5.74, 6) is 0. The van der Waals surface area contributed by atoms with E-state index < -0.39 is 0 Å². The van der Waals surface area contributed by atoms with Gasteiger partial charge in [-0.15, -0.1) is 0 Å². The molecule has 0 bridgehead atoms.